The molecule has 0 unspecified atom stereocenters. The number of aromatic carboxylic acids is 1. The summed E-state index contributed by atoms with van der Waals surface area (Å²) in [5.74, 6) is -1.45. The average molecular weight is 228 g/mol. The number of hydrogen-bond acceptors (Lipinski definition) is 2. The van der Waals surface area contributed by atoms with Crippen molar-refractivity contribution >= 4 is 16.9 Å². The number of benzene rings is 1. The largest absolute Gasteiger partial charge is 0.543 e. The highest BCUT2D eigenvalue weighted by Gasteiger charge is 2.30. The van der Waals surface area contributed by atoms with Crippen molar-refractivity contribution < 1.29 is 23.1 Å². The number of aromatic nitrogens is 1. The monoisotopic (exact) mass is 228 g/mol. The van der Waals surface area contributed by atoms with Gasteiger partial charge in [-0.3, -0.25) is 0 Å². The predicted octanol–water partition coefficient (Wildman–Crippen LogP) is 1.55. The van der Waals surface area contributed by atoms with Crippen molar-refractivity contribution in [3.8, 4) is 0 Å². The SMILES string of the molecule is O=C([O-])c1cc2cc(C(F)(F)F)ccc2[nH]1. The first-order valence-electron chi connectivity index (χ1n) is 4.29. The maximum atomic E-state index is 12.3. The van der Waals surface area contributed by atoms with Gasteiger partial charge in [-0.1, -0.05) is 0 Å². The number of halogens is 3. The molecule has 0 aliphatic rings. The van der Waals surface area contributed by atoms with E-state index in [4.69, 9.17) is 0 Å². The fraction of sp³-hybridized carbons (Fsp3) is 0.100. The normalized spacial score (nSPS) is 11.9. The second kappa shape index (κ2) is 3.26. The zero-order chi connectivity index (χ0) is 11.9. The van der Waals surface area contributed by atoms with Gasteiger partial charge in [0.05, 0.1) is 17.2 Å². The van der Waals surface area contributed by atoms with E-state index in [-0.39, 0.29) is 11.1 Å². The molecule has 0 radical (unpaired) electrons. The van der Waals surface area contributed by atoms with Crippen LogP contribution >= 0.6 is 0 Å². The maximum absolute atomic E-state index is 12.3. The molecular formula is C10H5F3NO2-. The zero-order valence-electron chi connectivity index (χ0n) is 7.76. The van der Waals surface area contributed by atoms with Gasteiger partial charge in [0.1, 0.15) is 0 Å². The average Bonchev–Trinajstić information content (AvgIpc) is 2.58. The number of carboxylic acid groups (broad SMARTS) is 1. The van der Waals surface area contributed by atoms with Gasteiger partial charge in [-0.25, -0.2) is 0 Å². The van der Waals surface area contributed by atoms with E-state index >= 15 is 0 Å². The Hall–Kier alpha value is -1.98. The van der Waals surface area contributed by atoms with Gasteiger partial charge in [0, 0.05) is 10.9 Å². The first-order chi connectivity index (χ1) is 7.38. The van der Waals surface area contributed by atoms with E-state index in [1.807, 2.05) is 0 Å². The van der Waals surface area contributed by atoms with Crippen LogP contribution < -0.4 is 5.11 Å². The minimum absolute atomic E-state index is 0.189. The van der Waals surface area contributed by atoms with Crippen LogP contribution in [0, 0.1) is 0 Å². The van der Waals surface area contributed by atoms with Gasteiger partial charge in [0.2, 0.25) is 0 Å². The predicted molar refractivity (Wildman–Crippen MR) is 47.6 cm³/mol. The molecule has 2 rings (SSSR count). The highest BCUT2D eigenvalue weighted by atomic mass is 19.4. The summed E-state index contributed by atoms with van der Waals surface area (Å²) in [6.07, 6.45) is -4.44. The lowest BCUT2D eigenvalue weighted by Gasteiger charge is -2.05. The van der Waals surface area contributed by atoms with Crippen LogP contribution in [0.15, 0.2) is 24.3 Å². The van der Waals surface area contributed by atoms with E-state index in [1.165, 1.54) is 6.07 Å². The smallest absolute Gasteiger partial charge is 0.416 e. The van der Waals surface area contributed by atoms with Gasteiger partial charge in [-0.15, -0.1) is 0 Å². The lowest BCUT2D eigenvalue weighted by Crippen LogP contribution is -2.22. The third-order valence-electron chi connectivity index (χ3n) is 2.17. The molecule has 0 spiro atoms. The molecule has 16 heavy (non-hydrogen) atoms. The maximum Gasteiger partial charge on any atom is 0.416 e. The summed E-state index contributed by atoms with van der Waals surface area (Å²) < 4.78 is 37.0. The molecule has 1 aromatic carbocycles. The van der Waals surface area contributed by atoms with Crippen LogP contribution in [0.4, 0.5) is 13.2 Å². The first kappa shape index (κ1) is 10.5. The van der Waals surface area contributed by atoms with Crippen LogP contribution in [0.25, 0.3) is 10.9 Å². The minimum Gasteiger partial charge on any atom is -0.543 e. The van der Waals surface area contributed by atoms with Crippen LogP contribution in [-0.2, 0) is 6.18 Å². The fourth-order valence-electron chi connectivity index (χ4n) is 1.42. The molecule has 6 heteroatoms. The first-order valence-corrected chi connectivity index (χ1v) is 4.29. The van der Waals surface area contributed by atoms with Crippen LogP contribution in [0.2, 0.25) is 0 Å². The van der Waals surface area contributed by atoms with Gasteiger partial charge in [-0.05, 0) is 24.3 Å². The molecule has 1 heterocycles. The Morgan fingerprint density at radius 1 is 1.25 bits per heavy atom. The standard InChI is InChI=1S/C10H6F3NO2/c11-10(12,13)6-1-2-7-5(3-6)4-8(14-7)9(15)16/h1-4,14H,(H,15,16)/p-1. The Bertz CT molecular complexity index is 557. The second-order valence-corrected chi connectivity index (χ2v) is 3.27. The second-order valence-electron chi connectivity index (χ2n) is 3.27. The Labute approximate surface area is 87.5 Å². The summed E-state index contributed by atoms with van der Waals surface area (Å²) in [5.41, 5.74) is -0.731. The van der Waals surface area contributed by atoms with Crippen LogP contribution in [0.5, 0.6) is 0 Å². The lowest BCUT2D eigenvalue weighted by atomic mass is 10.1. The molecule has 0 aliphatic heterocycles. The molecule has 0 bridgehead atoms. The van der Waals surface area contributed by atoms with Gasteiger partial charge in [0.25, 0.3) is 0 Å². The summed E-state index contributed by atoms with van der Waals surface area (Å²) in [7, 11) is 0. The third-order valence-corrected chi connectivity index (χ3v) is 2.17. The number of H-pyrrole nitrogens is 1. The number of carbonyl (C=O) groups is 1. The summed E-state index contributed by atoms with van der Waals surface area (Å²) in [5, 5.41) is 10.7. The molecule has 1 N–H and O–H groups in total. The molecule has 84 valence electrons. The number of alkyl halides is 3. The molecule has 1 aromatic heterocycles. The number of rotatable bonds is 1. The van der Waals surface area contributed by atoms with E-state index in [0.29, 0.717) is 5.52 Å². The molecular weight excluding hydrogens is 223 g/mol. The number of nitrogens with one attached hydrogen (secondary N) is 1. The van der Waals surface area contributed by atoms with Gasteiger partial charge in [0.15, 0.2) is 0 Å². The van der Waals surface area contributed by atoms with Crippen LogP contribution in [0.1, 0.15) is 16.1 Å². The molecule has 0 atom stereocenters. The fourth-order valence-corrected chi connectivity index (χ4v) is 1.42. The Kier molecular flexibility index (Phi) is 2.15. The van der Waals surface area contributed by atoms with Crippen molar-refractivity contribution in [2.45, 2.75) is 6.18 Å². The number of aromatic amines is 1. The Morgan fingerprint density at radius 3 is 2.50 bits per heavy atom. The minimum atomic E-state index is -4.44. The van der Waals surface area contributed by atoms with E-state index in [0.717, 1.165) is 18.2 Å². The number of carboxylic acids is 1. The number of fused-ring (bicyclic) bond motifs is 1. The van der Waals surface area contributed by atoms with Crippen molar-refractivity contribution in [3.63, 3.8) is 0 Å². The summed E-state index contributed by atoms with van der Waals surface area (Å²) >= 11 is 0. The van der Waals surface area contributed by atoms with E-state index in [9.17, 15) is 23.1 Å². The molecule has 3 nitrogen and oxygen atoms in total. The Morgan fingerprint density at radius 2 is 1.94 bits per heavy atom. The zero-order valence-corrected chi connectivity index (χ0v) is 7.76. The van der Waals surface area contributed by atoms with Crippen molar-refractivity contribution in [2.24, 2.45) is 0 Å². The van der Waals surface area contributed by atoms with E-state index in [2.05, 4.69) is 4.98 Å². The van der Waals surface area contributed by atoms with Gasteiger partial charge < -0.3 is 14.9 Å². The Balaban J connectivity index is 2.58. The van der Waals surface area contributed by atoms with Crippen molar-refractivity contribution in [3.05, 3.63) is 35.5 Å². The molecule has 0 amide bonds. The summed E-state index contributed by atoms with van der Waals surface area (Å²) in [6.45, 7) is 0. The third kappa shape index (κ3) is 1.73. The lowest BCUT2D eigenvalue weighted by molar-refractivity contribution is -0.255. The van der Waals surface area contributed by atoms with Crippen molar-refractivity contribution in [2.75, 3.05) is 0 Å². The van der Waals surface area contributed by atoms with Crippen molar-refractivity contribution in [1.82, 2.24) is 4.98 Å². The van der Waals surface area contributed by atoms with E-state index in [1.54, 1.807) is 0 Å². The number of carbonyl (C=O) groups excluding carboxylic acids is 1. The van der Waals surface area contributed by atoms with Gasteiger partial charge >= 0.3 is 6.18 Å². The topological polar surface area (TPSA) is 55.9 Å². The molecule has 0 aliphatic carbocycles. The van der Waals surface area contributed by atoms with Crippen LogP contribution in [0.3, 0.4) is 0 Å². The summed E-state index contributed by atoms with van der Waals surface area (Å²) in [6, 6.07) is 4.07. The highest BCUT2D eigenvalue weighted by Crippen LogP contribution is 2.31. The molecule has 2 aromatic rings. The highest BCUT2D eigenvalue weighted by molar-refractivity contribution is 5.92. The molecule has 0 fully saturated rings. The van der Waals surface area contributed by atoms with Crippen molar-refractivity contribution in [1.29, 1.82) is 0 Å². The molecule has 0 saturated heterocycles. The summed E-state index contributed by atoms with van der Waals surface area (Å²) in [4.78, 5) is 12.9. The quantitative estimate of drug-likeness (QED) is 0.805. The van der Waals surface area contributed by atoms with Crippen LogP contribution in [-0.4, -0.2) is 11.0 Å². The van der Waals surface area contributed by atoms with Gasteiger partial charge in [-0.2, -0.15) is 13.2 Å². The number of hydrogen-bond donors (Lipinski definition) is 1. The van der Waals surface area contributed by atoms with E-state index < -0.39 is 17.7 Å². The molecule has 0 saturated carbocycles.